The Labute approximate surface area is 144 Å². The van der Waals surface area contributed by atoms with Gasteiger partial charge in [-0.05, 0) is 30.5 Å². The van der Waals surface area contributed by atoms with Gasteiger partial charge in [0.15, 0.2) is 6.61 Å². The molecule has 8 heteroatoms. The van der Waals surface area contributed by atoms with E-state index in [1.165, 1.54) is 25.3 Å². The second-order valence-electron chi connectivity index (χ2n) is 5.51. The van der Waals surface area contributed by atoms with Crippen molar-refractivity contribution in [2.45, 2.75) is 26.3 Å². The predicted molar refractivity (Wildman–Crippen MR) is 86.8 cm³/mol. The molecule has 0 aliphatic heterocycles. The van der Waals surface area contributed by atoms with Crippen molar-refractivity contribution in [1.82, 2.24) is 5.32 Å². The lowest BCUT2D eigenvalue weighted by Gasteiger charge is -2.18. The summed E-state index contributed by atoms with van der Waals surface area (Å²) < 4.78 is 9.45. The fourth-order valence-corrected chi connectivity index (χ4v) is 2.12. The van der Waals surface area contributed by atoms with Crippen LogP contribution < -0.4 is 5.32 Å². The van der Waals surface area contributed by atoms with E-state index in [4.69, 9.17) is 16.3 Å². The van der Waals surface area contributed by atoms with Gasteiger partial charge in [0.1, 0.15) is 17.4 Å². The highest BCUT2D eigenvalue weighted by atomic mass is 35.5. The number of nitrogens with one attached hydrogen (secondary N) is 1. The van der Waals surface area contributed by atoms with Gasteiger partial charge in [0.05, 0.1) is 7.11 Å². The summed E-state index contributed by atoms with van der Waals surface area (Å²) in [4.78, 5) is 35.4. The first-order valence-electron chi connectivity index (χ1n) is 7.27. The Hall–Kier alpha value is -2.28. The van der Waals surface area contributed by atoms with Gasteiger partial charge in [0.25, 0.3) is 5.91 Å². The van der Waals surface area contributed by atoms with Gasteiger partial charge >= 0.3 is 11.9 Å². The zero-order chi connectivity index (χ0) is 18.3. The molecule has 0 spiro atoms. The number of benzene rings is 1. The van der Waals surface area contributed by atoms with E-state index in [1.54, 1.807) is 0 Å². The normalized spacial score (nSPS) is 11.7. The first kappa shape index (κ1) is 19.8. The molecule has 2 N–H and O–H groups in total. The summed E-state index contributed by atoms with van der Waals surface area (Å²) >= 11 is 5.74. The molecule has 132 valence electrons. The second-order valence-corrected chi connectivity index (χ2v) is 5.95. The average Bonchev–Trinajstić information content (AvgIpc) is 2.53. The van der Waals surface area contributed by atoms with Crippen LogP contribution in [0.4, 0.5) is 0 Å². The number of methoxy groups -OCH3 is 1. The molecular formula is C16H20ClNO6. The van der Waals surface area contributed by atoms with Crippen molar-refractivity contribution in [3.05, 3.63) is 28.8 Å². The highest BCUT2D eigenvalue weighted by molar-refractivity contribution is 6.31. The van der Waals surface area contributed by atoms with E-state index in [2.05, 4.69) is 10.1 Å². The zero-order valence-electron chi connectivity index (χ0n) is 13.7. The molecule has 0 bridgehead atoms. The van der Waals surface area contributed by atoms with Crippen molar-refractivity contribution < 1.29 is 29.0 Å². The van der Waals surface area contributed by atoms with Crippen LogP contribution in [0.25, 0.3) is 0 Å². The standard InChI is InChI=1S/C16H20ClNO6/c1-9(2)6-12(16(22)23-3)18-14(20)8-24-15(21)11-7-10(17)4-5-13(11)19/h4-5,7,9,12,19H,6,8H2,1-3H3,(H,18,20). The molecule has 1 aromatic carbocycles. The Morgan fingerprint density at radius 1 is 1.29 bits per heavy atom. The fraction of sp³-hybridized carbons (Fsp3) is 0.438. The molecule has 24 heavy (non-hydrogen) atoms. The minimum atomic E-state index is -0.899. The van der Waals surface area contributed by atoms with E-state index in [9.17, 15) is 19.5 Å². The van der Waals surface area contributed by atoms with Crippen molar-refractivity contribution in [1.29, 1.82) is 0 Å². The van der Waals surface area contributed by atoms with Crippen LogP contribution in [-0.2, 0) is 19.1 Å². The van der Waals surface area contributed by atoms with Gasteiger partial charge in [-0.15, -0.1) is 0 Å². The largest absolute Gasteiger partial charge is 0.507 e. The van der Waals surface area contributed by atoms with Crippen LogP contribution in [0.5, 0.6) is 5.75 Å². The van der Waals surface area contributed by atoms with Crippen molar-refractivity contribution in [3.63, 3.8) is 0 Å². The lowest BCUT2D eigenvalue weighted by molar-refractivity contribution is -0.145. The minimum absolute atomic E-state index is 0.151. The maximum Gasteiger partial charge on any atom is 0.342 e. The molecule has 1 atom stereocenters. The van der Waals surface area contributed by atoms with Gasteiger partial charge < -0.3 is 19.9 Å². The average molecular weight is 358 g/mol. The molecule has 0 aromatic heterocycles. The van der Waals surface area contributed by atoms with Crippen LogP contribution >= 0.6 is 11.6 Å². The molecule has 0 heterocycles. The van der Waals surface area contributed by atoms with Gasteiger partial charge in [-0.25, -0.2) is 9.59 Å². The topological polar surface area (TPSA) is 102 Å². The first-order valence-corrected chi connectivity index (χ1v) is 7.65. The lowest BCUT2D eigenvalue weighted by Crippen LogP contribution is -2.44. The van der Waals surface area contributed by atoms with Gasteiger partial charge in [-0.2, -0.15) is 0 Å². The summed E-state index contributed by atoms with van der Waals surface area (Å²) in [5.41, 5.74) is -0.151. The zero-order valence-corrected chi connectivity index (χ0v) is 14.4. The summed E-state index contributed by atoms with van der Waals surface area (Å²) in [5, 5.41) is 12.3. The third-order valence-electron chi connectivity index (χ3n) is 3.04. The number of amides is 1. The Morgan fingerprint density at radius 2 is 1.96 bits per heavy atom. The maximum atomic E-state index is 11.9. The SMILES string of the molecule is COC(=O)C(CC(C)C)NC(=O)COC(=O)c1cc(Cl)ccc1O. The number of phenolic OH excluding ortho intramolecular Hbond substituents is 1. The van der Waals surface area contributed by atoms with Crippen LogP contribution in [0.1, 0.15) is 30.6 Å². The van der Waals surface area contributed by atoms with Gasteiger partial charge in [0, 0.05) is 5.02 Å². The maximum absolute atomic E-state index is 11.9. The number of hydrogen-bond acceptors (Lipinski definition) is 6. The molecule has 0 aliphatic rings. The molecule has 0 saturated carbocycles. The smallest absolute Gasteiger partial charge is 0.342 e. The van der Waals surface area contributed by atoms with Crippen LogP contribution in [0.2, 0.25) is 5.02 Å². The summed E-state index contributed by atoms with van der Waals surface area (Å²) in [7, 11) is 1.23. The highest BCUT2D eigenvalue weighted by Gasteiger charge is 2.23. The summed E-state index contributed by atoms with van der Waals surface area (Å²) in [6.07, 6.45) is 0.390. The quantitative estimate of drug-likeness (QED) is 0.723. The number of halogens is 1. The molecule has 7 nitrogen and oxygen atoms in total. The molecule has 0 saturated heterocycles. The molecule has 1 amide bonds. The van der Waals surface area contributed by atoms with Crippen LogP contribution in [0, 0.1) is 5.92 Å². The number of aromatic hydroxyl groups is 1. The van der Waals surface area contributed by atoms with Crippen molar-refractivity contribution in [2.24, 2.45) is 5.92 Å². The fourth-order valence-electron chi connectivity index (χ4n) is 1.94. The monoisotopic (exact) mass is 357 g/mol. The van der Waals surface area contributed by atoms with Gasteiger partial charge in [-0.3, -0.25) is 4.79 Å². The summed E-state index contributed by atoms with van der Waals surface area (Å²) in [6, 6.07) is 3.07. The molecular weight excluding hydrogens is 338 g/mol. The van der Waals surface area contributed by atoms with Crippen LogP contribution in [0.3, 0.4) is 0 Å². The number of carbonyl (C=O) groups excluding carboxylic acids is 3. The minimum Gasteiger partial charge on any atom is -0.507 e. The van der Waals surface area contributed by atoms with E-state index in [-0.39, 0.29) is 22.3 Å². The van der Waals surface area contributed by atoms with Crippen molar-refractivity contribution in [3.8, 4) is 5.75 Å². The number of rotatable bonds is 7. The van der Waals surface area contributed by atoms with Gasteiger partial charge in [-0.1, -0.05) is 25.4 Å². The molecule has 1 unspecified atom stereocenters. The lowest BCUT2D eigenvalue weighted by atomic mass is 10.0. The number of esters is 2. The highest BCUT2D eigenvalue weighted by Crippen LogP contribution is 2.22. The van der Waals surface area contributed by atoms with E-state index >= 15 is 0 Å². The molecule has 1 aromatic rings. The van der Waals surface area contributed by atoms with Crippen molar-refractivity contribution >= 4 is 29.4 Å². The van der Waals surface area contributed by atoms with Crippen LogP contribution in [-0.4, -0.2) is 42.7 Å². The first-order chi connectivity index (χ1) is 11.2. The molecule has 0 radical (unpaired) electrons. The Morgan fingerprint density at radius 3 is 2.54 bits per heavy atom. The van der Waals surface area contributed by atoms with Crippen molar-refractivity contribution in [2.75, 3.05) is 13.7 Å². The molecule has 1 rings (SSSR count). The predicted octanol–water partition coefficient (Wildman–Crippen LogP) is 1.91. The summed E-state index contributed by atoms with van der Waals surface area (Å²) in [6.45, 7) is 3.18. The molecule has 0 aliphatic carbocycles. The Kier molecular flexibility index (Phi) is 7.51. The summed E-state index contributed by atoms with van der Waals surface area (Å²) in [5.74, 6) is -2.28. The van der Waals surface area contributed by atoms with E-state index in [0.717, 1.165) is 0 Å². The molecule has 0 fully saturated rings. The Bertz CT molecular complexity index is 617. The number of phenols is 1. The van der Waals surface area contributed by atoms with E-state index in [0.29, 0.717) is 6.42 Å². The second kappa shape index (κ2) is 9.12. The number of hydrogen-bond donors (Lipinski definition) is 2. The number of ether oxygens (including phenoxy) is 2. The van der Waals surface area contributed by atoms with E-state index in [1.807, 2.05) is 13.8 Å². The third kappa shape index (κ3) is 6.08. The van der Waals surface area contributed by atoms with Crippen LogP contribution in [0.15, 0.2) is 18.2 Å². The Balaban J connectivity index is 2.62. The van der Waals surface area contributed by atoms with E-state index < -0.39 is 30.5 Å². The van der Waals surface area contributed by atoms with Gasteiger partial charge in [0.2, 0.25) is 0 Å². The third-order valence-corrected chi connectivity index (χ3v) is 3.28. The number of carbonyl (C=O) groups is 3.